The number of nitrogens with zero attached hydrogens (tertiary/aromatic N) is 1. The highest BCUT2D eigenvalue weighted by Crippen LogP contribution is 2.21. The van der Waals surface area contributed by atoms with Gasteiger partial charge in [0.05, 0.1) is 19.1 Å². The molecule has 0 saturated heterocycles. The average Bonchev–Trinajstić information content (AvgIpc) is 3.12. The maximum absolute atomic E-state index is 10.4. The van der Waals surface area contributed by atoms with E-state index in [1.54, 1.807) is 37.8 Å². The second-order valence-corrected chi connectivity index (χ2v) is 5.48. The van der Waals surface area contributed by atoms with Gasteiger partial charge in [-0.05, 0) is 35.4 Å². The number of guanidine groups is 1. The van der Waals surface area contributed by atoms with E-state index >= 15 is 0 Å². The van der Waals surface area contributed by atoms with Crippen LogP contribution in [0.4, 0.5) is 0 Å². The molecule has 0 spiro atoms. The van der Waals surface area contributed by atoms with Crippen LogP contribution in [0.2, 0.25) is 0 Å². The quantitative estimate of drug-likeness (QED) is 0.394. The van der Waals surface area contributed by atoms with Crippen LogP contribution in [0.25, 0.3) is 0 Å². The number of aliphatic hydroxyl groups is 1. The first kappa shape index (κ1) is 18.0. The summed E-state index contributed by atoms with van der Waals surface area (Å²) in [7, 11) is 1.70. The Morgan fingerprint density at radius 2 is 2.24 bits per heavy atom. The maximum atomic E-state index is 10.4. The molecule has 0 radical (unpaired) electrons. The third-order valence-electron chi connectivity index (χ3n) is 3.01. The van der Waals surface area contributed by atoms with Crippen LogP contribution in [0.3, 0.4) is 0 Å². The molecular formula is C14H20IN3O2S. The molecule has 21 heavy (non-hydrogen) atoms. The Hall–Kier alpha value is -1.06. The van der Waals surface area contributed by atoms with Crippen LogP contribution in [-0.4, -0.2) is 24.7 Å². The minimum Gasteiger partial charge on any atom is -0.472 e. The van der Waals surface area contributed by atoms with E-state index in [9.17, 15) is 5.11 Å². The molecule has 1 unspecified atom stereocenters. The highest BCUT2D eigenvalue weighted by atomic mass is 127. The van der Waals surface area contributed by atoms with E-state index in [1.807, 2.05) is 22.9 Å². The van der Waals surface area contributed by atoms with E-state index < -0.39 is 5.60 Å². The lowest BCUT2D eigenvalue weighted by Crippen LogP contribution is -2.44. The molecule has 7 heteroatoms. The van der Waals surface area contributed by atoms with Crippen molar-refractivity contribution in [3.63, 3.8) is 0 Å². The van der Waals surface area contributed by atoms with Crippen LogP contribution in [0.5, 0.6) is 0 Å². The van der Waals surface area contributed by atoms with Gasteiger partial charge in [-0.3, -0.25) is 4.99 Å². The van der Waals surface area contributed by atoms with Crippen molar-refractivity contribution in [2.75, 3.05) is 13.6 Å². The van der Waals surface area contributed by atoms with E-state index in [4.69, 9.17) is 4.42 Å². The van der Waals surface area contributed by atoms with Crippen LogP contribution in [-0.2, 0) is 12.1 Å². The summed E-state index contributed by atoms with van der Waals surface area (Å²) in [6.07, 6.45) is 3.32. The highest BCUT2D eigenvalue weighted by molar-refractivity contribution is 14.0. The van der Waals surface area contributed by atoms with Gasteiger partial charge in [-0.2, -0.15) is 11.3 Å². The molecule has 3 N–H and O–H groups in total. The van der Waals surface area contributed by atoms with Gasteiger partial charge in [0.2, 0.25) is 0 Å². The standard InChI is InChI=1S/C14H19N3O2S.HI/c1-14(18,12-4-6-20-9-12)10-17-13(15-2)16-7-11-3-5-19-8-11;/h3-6,8-9,18H,7,10H2,1-2H3,(H2,15,16,17);1H. The molecule has 1 atom stereocenters. The fraction of sp³-hybridized carbons (Fsp3) is 0.357. The number of thiophene rings is 1. The molecule has 0 bridgehead atoms. The summed E-state index contributed by atoms with van der Waals surface area (Å²) >= 11 is 1.57. The van der Waals surface area contributed by atoms with Crippen molar-refractivity contribution >= 4 is 41.3 Å². The number of nitrogens with one attached hydrogen (secondary N) is 2. The molecule has 0 aliphatic heterocycles. The summed E-state index contributed by atoms with van der Waals surface area (Å²) in [5.41, 5.74) is 1.02. The SMILES string of the molecule is CN=C(NCc1ccoc1)NCC(C)(O)c1ccsc1.I. The average molecular weight is 421 g/mol. The number of aliphatic imine (C=N–C) groups is 1. The molecule has 2 aromatic heterocycles. The number of hydrogen-bond donors (Lipinski definition) is 3. The molecule has 0 aliphatic rings. The molecule has 0 fully saturated rings. The zero-order valence-corrected chi connectivity index (χ0v) is 15.1. The van der Waals surface area contributed by atoms with Crippen molar-refractivity contribution in [1.82, 2.24) is 10.6 Å². The molecule has 0 aromatic carbocycles. The monoisotopic (exact) mass is 421 g/mol. The maximum Gasteiger partial charge on any atom is 0.191 e. The molecule has 2 heterocycles. The molecular weight excluding hydrogens is 401 g/mol. The zero-order chi connectivity index (χ0) is 14.4. The van der Waals surface area contributed by atoms with E-state index in [-0.39, 0.29) is 24.0 Å². The lowest BCUT2D eigenvalue weighted by atomic mass is 9.99. The van der Waals surface area contributed by atoms with Crippen molar-refractivity contribution < 1.29 is 9.52 Å². The number of hydrogen-bond acceptors (Lipinski definition) is 4. The molecule has 2 rings (SSSR count). The van der Waals surface area contributed by atoms with E-state index in [1.165, 1.54) is 0 Å². The Labute approximate surface area is 145 Å². The summed E-state index contributed by atoms with van der Waals surface area (Å²) in [6, 6.07) is 3.82. The fourth-order valence-corrected chi connectivity index (χ4v) is 2.51. The molecule has 0 aliphatic carbocycles. The fourth-order valence-electron chi connectivity index (χ4n) is 1.73. The molecule has 0 saturated carbocycles. The Balaban J connectivity index is 0.00000220. The Morgan fingerprint density at radius 3 is 2.81 bits per heavy atom. The van der Waals surface area contributed by atoms with Gasteiger partial charge in [-0.25, -0.2) is 0 Å². The van der Waals surface area contributed by atoms with Gasteiger partial charge in [0.15, 0.2) is 5.96 Å². The smallest absolute Gasteiger partial charge is 0.191 e. The predicted molar refractivity (Wildman–Crippen MR) is 96.2 cm³/mol. The third kappa shape index (κ3) is 5.33. The van der Waals surface area contributed by atoms with Crippen LogP contribution >= 0.6 is 35.3 Å². The lowest BCUT2D eigenvalue weighted by Gasteiger charge is -2.24. The second-order valence-electron chi connectivity index (χ2n) is 4.70. The van der Waals surface area contributed by atoms with Crippen LogP contribution in [0.1, 0.15) is 18.1 Å². The summed E-state index contributed by atoms with van der Waals surface area (Å²) in [4.78, 5) is 4.13. The van der Waals surface area contributed by atoms with Gasteiger partial charge < -0.3 is 20.2 Å². The summed E-state index contributed by atoms with van der Waals surface area (Å²) in [5, 5.41) is 20.6. The Kier molecular flexibility index (Phi) is 7.20. The van der Waals surface area contributed by atoms with E-state index in [0.29, 0.717) is 19.0 Å². The van der Waals surface area contributed by atoms with Gasteiger partial charge in [-0.1, -0.05) is 0 Å². The predicted octanol–water partition coefficient (Wildman–Crippen LogP) is 2.53. The zero-order valence-electron chi connectivity index (χ0n) is 12.0. The van der Waals surface area contributed by atoms with Crippen molar-refractivity contribution in [3.8, 4) is 0 Å². The number of furan rings is 1. The van der Waals surface area contributed by atoms with Crippen LogP contribution in [0.15, 0.2) is 44.8 Å². The minimum atomic E-state index is -0.923. The van der Waals surface area contributed by atoms with Crippen molar-refractivity contribution in [2.45, 2.75) is 19.1 Å². The topological polar surface area (TPSA) is 69.8 Å². The minimum absolute atomic E-state index is 0. The first-order valence-electron chi connectivity index (χ1n) is 6.32. The largest absolute Gasteiger partial charge is 0.472 e. The summed E-state index contributed by atoms with van der Waals surface area (Å²) < 4.78 is 5.00. The third-order valence-corrected chi connectivity index (χ3v) is 3.69. The second kappa shape index (κ2) is 8.40. The molecule has 0 amide bonds. The number of rotatable bonds is 5. The van der Waals surface area contributed by atoms with Crippen LogP contribution in [0, 0.1) is 0 Å². The van der Waals surface area contributed by atoms with Gasteiger partial charge in [0.1, 0.15) is 5.60 Å². The first-order valence-corrected chi connectivity index (χ1v) is 7.27. The molecule has 116 valence electrons. The summed E-state index contributed by atoms with van der Waals surface area (Å²) in [6.45, 7) is 2.79. The van der Waals surface area contributed by atoms with Crippen molar-refractivity contribution in [2.24, 2.45) is 4.99 Å². The van der Waals surface area contributed by atoms with E-state index in [0.717, 1.165) is 11.1 Å². The highest BCUT2D eigenvalue weighted by Gasteiger charge is 2.23. The Morgan fingerprint density at radius 1 is 1.43 bits per heavy atom. The van der Waals surface area contributed by atoms with Crippen LogP contribution < -0.4 is 10.6 Å². The van der Waals surface area contributed by atoms with Crippen molar-refractivity contribution in [3.05, 3.63) is 46.5 Å². The van der Waals surface area contributed by atoms with E-state index in [2.05, 4.69) is 15.6 Å². The lowest BCUT2D eigenvalue weighted by molar-refractivity contribution is 0.0621. The summed E-state index contributed by atoms with van der Waals surface area (Å²) in [5.74, 6) is 0.640. The Bertz CT molecular complexity index is 539. The molecule has 2 aromatic rings. The van der Waals surface area contributed by atoms with Crippen molar-refractivity contribution in [1.29, 1.82) is 0 Å². The molecule has 5 nitrogen and oxygen atoms in total. The normalized spacial score (nSPS) is 14.1. The number of halogens is 1. The van der Waals surface area contributed by atoms with Gasteiger partial charge >= 0.3 is 0 Å². The van der Waals surface area contributed by atoms with Gasteiger partial charge in [-0.15, -0.1) is 24.0 Å². The van der Waals surface area contributed by atoms with Gasteiger partial charge in [0, 0.05) is 19.2 Å². The first-order chi connectivity index (χ1) is 9.62. The van der Waals surface area contributed by atoms with Gasteiger partial charge in [0.25, 0.3) is 0 Å².